The highest BCUT2D eigenvalue weighted by Gasteiger charge is 2.33. The first-order valence-corrected chi connectivity index (χ1v) is 3.92. The summed E-state index contributed by atoms with van der Waals surface area (Å²) in [5.74, 6) is 0. The summed E-state index contributed by atoms with van der Waals surface area (Å²) in [7, 11) is 0. The number of hydrogen-bond donors (Lipinski definition) is 3. The van der Waals surface area contributed by atoms with Crippen molar-refractivity contribution < 1.29 is 15.3 Å². The summed E-state index contributed by atoms with van der Waals surface area (Å²) in [4.78, 5) is 0. The first-order chi connectivity index (χ1) is 5.64. The van der Waals surface area contributed by atoms with Crippen LogP contribution >= 0.6 is 0 Å². The van der Waals surface area contributed by atoms with E-state index < -0.39 is 11.5 Å². The first kappa shape index (κ1) is 9.45. The van der Waals surface area contributed by atoms with Crippen molar-refractivity contribution in [3.05, 3.63) is 23.8 Å². The molecule has 0 saturated heterocycles. The molecule has 2 atom stereocenters. The van der Waals surface area contributed by atoms with Crippen LogP contribution < -0.4 is 0 Å². The molecule has 0 aromatic rings. The Morgan fingerprint density at radius 1 is 1.50 bits per heavy atom. The predicted molar refractivity (Wildman–Crippen MR) is 45.5 cm³/mol. The molecule has 0 aliphatic heterocycles. The van der Waals surface area contributed by atoms with Crippen molar-refractivity contribution in [1.29, 1.82) is 0 Å². The lowest BCUT2D eigenvalue weighted by molar-refractivity contribution is 0.0433. The number of aliphatic hydroxyl groups is 3. The molecule has 68 valence electrons. The maximum absolute atomic E-state index is 9.65. The summed E-state index contributed by atoms with van der Waals surface area (Å²) in [5, 5.41) is 27.5. The summed E-state index contributed by atoms with van der Waals surface area (Å²) in [5.41, 5.74) is -0.0960. The number of aliphatic hydroxyl groups excluding tert-OH is 3. The van der Waals surface area contributed by atoms with Crippen molar-refractivity contribution in [3.8, 4) is 0 Å². The van der Waals surface area contributed by atoms with Gasteiger partial charge in [-0.15, -0.1) is 0 Å². The van der Waals surface area contributed by atoms with Crippen LogP contribution in [-0.4, -0.2) is 34.6 Å². The molecule has 1 aliphatic carbocycles. The molecule has 2 unspecified atom stereocenters. The second-order valence-corrected chi connectivity index (χ2v) is 3.33. The van der Waals surface area contributed by atoms with E-state index in [2.05, 4.69) is 0 Å². The fourth-order valence-corrected chi connectivity index (χ4v) is 1.28. The maximum Gasteiger partial charge on any atom is 0.0885 e. The molecule has 3 nitrogen and oxygen atoms in total. The molecule has 0 spiro atoms. The van der Waals surface area contributed by atoms with E-state index in [1.165, 1.54) is 0 Å². The highest BCUT2D eigenvalue weighted by molar-refractivity contribution is 5.28. The fourth-order valence-electron chi connectivity index (χ4n) is 1.28. The molecule has 0 amide bonds. The van der Waals surface area contributed by atoms with Crippen LogP contribution in [0.4, 0.5) is 0 Å². The zero-order valence-electron chi connectivity index (χ0n) is 7.07. The summed E-state index contributed by atoms with van der Waals surface area (Å²) >= 11 is 0. The van der Waals surface area contributed by atoms with Gasteiger partial charge in [-0.25, -0.2) is 0 Å². The Balaban J connectivity index is 2.87. The van der Waals surface area contributed by atoms with Crippen LogP contribution in [0.3, 0.4) is 0 Å². The molecular formula is C9H14O3. The molecule has 0 radical (unpaired) electrons. The van der Waals surface area contributed by atoms with E-state index in [1.807, 2.05) is 0 Å². The lowest BCUT2D eigenvalue weighted by atomic mass is 9.78. The van der Waals surface area contributed by atoms with Gasteiger partial charge < -0.3 is 15.3 Å². The van der Waals surface area contributed by atoms with Crippen molar-refractivity contribution in [3.63, 3.8) is 0 Å². The minimum Gasteiger partial charge on any atom is -0.395 e. The molecule has 0 aromatic heterocycles. The number of rotatable bonds is 2. The maximum atomic E-state index is 9.65. The monoisotopic (exact) mass is 170 g/mol. The predicted octanol–water partition coefficient (Wildman–Crippen LogP) is -0.166. The van der Waals surface area contributed by atoms with Gasteiger partial charge in [0, 0.05) is 5.41 Å². The van der Waals surface area contributed by atoms with Crippen molar-refractivity contribution in [2.45, 2.75) is 13.0 Å². The van der Waals surface area contributed by atoms with E-state index in [1.54, 1.807) is 25.2 Å². The second kappa shape index (κ2) is 3.39. The summed E-state index contributed by atoms with van der Waals surface area (Å²) in [6.45, 7) is 1.46. The van der Waals surface area contributed by atoms with E-state index in [0.29, 0.717) is 5.57 Å². The second-order valence-electron chi connectivity index (χ2n) is 3.33. The van der Waals surface area contributed by atoms with Gasteiger partial charge in [-0.3, -0.25) is 0 Å². The Morgan fingerprint density at radius 3 is 2.67 bits per heavy atom. The molecule has 3 heteroatoms. The van der Waals surface area contributed by atoms with E-state index in [-0.39, 0.29) is 13.2 Å². The van der Waals surface area contributed by atoms with Gasteiger partial charge in [-0.2, -0.15) is 0 Å². The van der Waals surface area contributed by atoms with Gasteiger partial charge in [0.05, 0.1) is 19.3 Å². The first-order valence-electron chi connectivity index (χ1n) is 3.92. The van der Waals surface area contributed by atoms with Crippen molar-refractivity contribution in [1.82, 2.24) is 0 Å². The summed E-state index contributed by atoms with van der Waals surface area (Å²) in [6, 6.07) is 0. The van der Waals surface area contributed by atoms with Gasteiger partial charge in [-0.05, 0) is 5.57 Å². The Hall–Kier alpha value is -0.640. The van der Waals surface area contributed by atoms with Crippen LogP contribution in [0.5, 0.6) is 0 Å². The molecule has 0 fully saturated rings. The quantitative estimate of drug-likeness (QED) is 0.539. The van der Waals surface area contributed by atoms with Crippen LogP contribution in [0, 0.1) is 5.41 Å². The van der Waals surface area contributed by atoms with Gasteiger partial charge >= 0.3 is 0 Å². The van der Waals surface area contributed by atoms with Gasteiger partial charge in [-0.1, -0.05) is 25.2 Å². The Labute approximate surface area is 71.7 Å². The minimum absolute atomic E-state index is 0.123. The molecule has 1 aliphatic rings. The number of hydrogen-bond acceptors (Lipinski definition) is 3. The van der Waals surface area contributed by atoms with Crippen LogP contribution in [-0.2, 0) is 0 Å². The molecule has 0 aromatic carbocycles. The molecule has 1 rings (SSSR count). The van der Waals surface area contributed by atoms with Crippen molar-refractivity contribution >= 4 is 0 Å². The minimum atomic E-state index is -0.780. The topological polar surface area (TPSA) is 60.7 Å². The van der Waals surface area contributed by atoms with E-state index in [0.717, 1.165) is 0 Å². The Morgan fingerprint density at radius 2 is 2.17 bits per heavy atom. The van der Waals surface area contributed by atoms with Crippen LogP contribution in [0.1, 0.15) is 6.92 Å². The molecule has 0 heterocycles. The molecular weight excluding hydrogens is 156 g/mol. The smallest absolute Gasteiger partial charge is 0.0885 e. The van der Waals surface area contributed by atoms with Crippen molar-refractivity contribution in [2.75, 3.05) is 13.2 Å². The largest absolute Gasteiger partial charge is 0.395 e. The van der Waals surface area contributed by atoms with E-state index in [9.17, 15) is 5.11 Å². The molecule has 3 N–H and O–H groups in total. The zero-order chi connectivity index (χ0) is 9.19. The van der Waals surface area contributed by atoms with E-state index >= 15 is 0 Å². The standard InChI is InChI=1S/C9H14O3/c1-9(6-11)4-2-3-7(5-10)8(9)12/h2-4,8,10-12H,5-6H2,1H3. The average Bonchev–Trinajstić information content (AvgIpc) is 2.10. The normalized spacial score (nSPS) is 35.0. The third kappa shape index (κ3) is 1.43. The molecule has 0 bridgehead atoms. The van der Waals surface area contributed by atoms with Gasteiger partial charge in [0.1, 0.15) is 0 Å². The molecule has 0 saturated carbocycles. The van der Waals surface area contributed by atoms with Gasteiger partial charge in [0.2, 0.25) is 0 Å². The Bertz CT molecular complexity index is 220. The van der Waals surface area contributed by atoms with Crippen molar-refractivity contribution in [2.24, 2.45) is 5.41 Å². The van der Waals surface area contributed by atoms with Crippen LogP contribution in [0.25, 0.3) is 0 Å². The van der Waals surface area contributed by atoms with Crippen LogP contribution in [0.15, 0.2) is 23.8 Å². The summed E-state index contributed by atoms with van der Waals surface area (Å²) in [6.07, 6.45) is 4.38. The lowest BCUT2D eigenvalue weighted by Gasteiger charge is -2.32. The molecule has 12 heavy (non-hydrogen) atoms. The summed E-state index contributed by atoms with van der Waals surface area (Å²) < 4.78 is 0. The fraction of sp³-hybridized carbons (Fsp3) is 0.556. The lowest BCUT2D eigenvalue weighted by Crippen LogP contribution is -2.37. The zero-order valence-corrected chi connectivity index (χ0v) is 7.07. The van der Waals surface area contributed by atoms with E-state index in [4.69, 9.17) is 10.2 Å². The van der Waals surface area contributed by atoms with Crippen LogP contribution in [0.2, 0.25) is 0 Å². The average molecular weight is 170 g/mol. The number of allylic oxidation sites excluding steroid dienone is 2. The SMILES string of the molecule is CC1(CO)C=CC=C(CO)C1O. The Kier molecular flexibility index (Phi) is 2.67. The highest BCUT2D eigenvalue weighted by Crippen LogP contribution is 2.30. The van der Waals surface area contributed by atoms with Gasteiger partial charge in [0.25, 0.3) is 0 Å². The van der Waals surface area contributed by atoms with Gasteiger partial charge in [0.15, 0.2) is 0 Å². The third-order valence-corrected chi connectivity index (χ3v) is 2.29. The highest BCUT2D eigenvalue weighted by atomic mass is 16.3. The third-order valence-electron chi connectivity index (χ3n) is 2.29.